The van der Waals surface area contributed by atoms with E-state index in [2.05, 4.69) is 29.3 Å². The van der Waals surface area contributed by atoms with E-state index in [0.717, 1.165) is 12.1 Å². The van der Waals surface area contributed by atoms with Crippen molar-refractivity contribution in [3.8, 4) is 0 Å². The van der Waals surface area contributed by atoms with Gasteiger partial charge in [0.05, 0.1) is 11.5 Å². The van der Waals surface area contributed by atoms with Gasteiger partial charge in [-0.25, -0.2) is 8.42 Å². The molecule has 0 spiro atoms. The smallest absolute Gasteiger partial charge is 0.152 e. The quantitative estimate of drug-likeness (QED) is 0.911. The second-order valence-corrected chi connectivity index (χ2v) is 7.47. The van der Waals surface area contributed by atoms with Crippen molar-refractivity contribution in [1.82, 2.24) is 5.32 Å². The van der Waals surface area contributed by atoms with Crippen molar-refractivity contribution in [3.63, 3.8) is 0 Å². The zero-order valence-corrected chi connectivity index (χ0v) is 12.6. The number of nitrogens with zero attached hydrogens (tertiary/aromatic N) is 1. The fraction of sp³-hybridized carbons (Fsp3) is 0.571. The topological polar surface area (TPSA) is 49.4 Å². The molecule has 2 rings (SSSR count). The Morgan fingerprint density at radius 1 is 1.37 bits per heavy atom. The third-order valence-electron chi connectivity index (χ3n) is 3.97. The van der Waals surface area contributed by atoms with Gasteiger partial charge in [0, 0.05) is 24.8 Å². The minimum absolute atomic E-state index is 0.0928. The molecule has 2 atom stereocenters. The van der Waals surface area contributed by atoms with Crippen molar-refractivity contribution >= 4 is 15.5 Å². The Kier molecular flexibility index (Phi) is 4.16. The van der Waals surface area contributed by atoms with E-state index in [4.69, 9.17) is 0 Å². The first-order valence-corrected chi connectivity index (χ1v) is 8.46. The first kappa shape index (κ1) is 14.3. The van der Waals surface area contributed by atoms with Crippen LogP contribution >= 0.6 is 0 Å². The summed E-state index contributed by atoms with van der Waals surface area (Å²) in [6, 6.07) is 8.52. The Labute approximate surface area is 115 Å². The van der Waals surface area contributed by atoms with Crippen molar-refractivity contribution in [2.75, 3.05) is 30.5 Å². The highest BCUT2D eigenvalue weighted by Crippen LogP contribution is 2.29. The largest absolute Gasteiger partial charge is 0.370 e. The fourth-order valence-electron chi connectivity index (χ4n) is 2.61. The second-order valence-electron chi connectivity index (χ2n) is 5.24. The molecule has 0 aromatic heterocycles. The van der Waals surface area contributed by atoms with E-state index in [-0.39, 0.29) is 17.8 Å². The predicted octanol–water partition coefficient (Wildman–Crippen LogP) is 1.59. The summed E-state index contributed by atoms with van der Waals surface area (Å²) in [5, 5.41) is 3.24. The SMILES string of the molecule is CNC(C)c1ccccc1N(C)C1CCS(=O)(=O)C1. The van der Waals surface area contributed by atoms with E-state index in [1.54, 1.807) is 0 Å². The molecule has 1 heterocycles. The Morgan fingerprint density at radius 3 is 2.63 bits per heavy atom. The molecule has 0 saturated carbocycles. The monoisotopic (exact) mass is 282 g/mol. The van der Waals surface area contributed by atoms with Crippen molar-refractivity contribution < 1.29 is 8.42 Å². The van der Waals surface area contributed by atoms with Crippen LogP contribution in [0.4, 0.5) is 5.69 Å². The number of rotatable bonds is 4. The van der Waals surface area contributed by atoms with Gasteiger partial charge in [0.15, 0.2) is 9.84 Å². The molecule has 1 aromatic carbocycles. The van der Waals surface area contributed by atoms with Crippen molar-refractivity contribution in [3.05, 3.63) is 29.8 Å². The van der Waals surface area contributed by atoms with Crippen LogP contribution in [0, 0.1) is 0 Å². The highest BCUT2D eigenvalue weighted by atomic mass is 32.2. The maximum absolute atomic E-state index is 11.6. The van der Waals surface area contributed by atoms with Gasteiger partial charge in [-0.15, -0.1) is 0 Å². The number of hydrogen-bond donors (Lipinski definition) is 1. The predicted molar refractivity (Wildman–Crippen MR) is 79.4 cm³/mol. The van der Waals surface area contributed by atoms with Gasteiger partial charge in [0.2, 0.25) is 0 Å². The van der Waals surface area contributed by atoms with Crippen LogP contribution in [0.5, 0.6) is 0 Å². The van der Waals surface area contributed by atoms with E-state index >= 15 is 0 Å². The molecule has 5 heteroatoms. The third kappa shape index (κ3) is 3.09. The van der Waals surface area contributed by atoms with Gasteiger partial charge in [-0.05, 0) is 32.0 Å². The fourth-order valence-corrected chi connectivity index (χ4v) is 4.38. The van der Waals surface area contributed by atoms with Gasteiger partial charge in [0.25, 0.3) is 0 Å². The highest BCUT2D eigenvalue weighted by Gasteiger charge is 2.31. The zero-order chi connectivity index (χ0) is 14.0. The average molecular weight is 282 g/mol. The van der Waals surface area contributed by atoms with Crippen LogP contribution < -0.4 is 10.2 Å². The summed E-state index contributed by atoms with van der Waals surface area (Å²) in [4.78, 5) is 2.12. The lowest BCUT2D eigenvalue weighted by molar-refractivity contribution is 0.600. The van der Waals surface area contributed by atoms with Crippen molar-refractivity contribution in [1.29, 1.82) is 0 Å². The normalized spacial score (nSPS) is 23.2. The lowest BCUT2D eigenvalue weighted by Gasteiger charge is -2.29. The summed E-state index contributed by atoms with van der Waals surface area (Å²) in [6.07, 6.45) is 0.723. The third-order valence-corrected chi connectivity index (χ3v) is 5.72. The average Bonchev–Trinajstić information content (AvgIpc) is 2.77. The summed E-state index contributed by atoms with van der Waals surface area (Å²) in [5.74, 6) is 0.581. The van der Waals surface area contributed by atoms with Crippen LogP contribution in [0.2, 0.25) is 0 Å². The molecule has 1 saturated heterocycles. The molecule has 0 aliphatic carbocycles. The minimum Gasteiger partial charge on any atom is -0.370 e. The van der Waals surface area contributed by atoms with E-state index < -0.39 is 9.84 Å². The lowest BCUT2D eigenvalue weighted by atomic mass is 10.0. The molecule has 1 fully saturated rings. The molecule has 1 N–H and O–H groups in total. The molecule has 1 aliphatic rings. The summed E-state index contributed by atoms with van der Waals surface area (Å²) in [5.41, 5.74) is 2.32. The molecule has 1 aliphatic heterocycles. The molecular formula is C14H22N2O2S. The van der Waals surface area contributed by atoms with Gasteiger partial charge < -0.3 is 10.2 Å². The molecule has 0 radical (unpaired) electrons. The number of para-hydroxylation sites is 1. The van der Waals surface area contributed by atoms with E-state index in [1.165, 1.54) is 5.56 Å². The molecule has 4 nitrogen and oxygen atoms in total. The Balaban J connectivity index is 2.27. The first-order valence-electron chi connectivity index (χ1n) is 6.64. The molecule has 106 valence electrons. The number of anilines is 1. The number of sulfone groups is 1. The van der Waals surface area contributed by atoms with Gasteiger partial charge in [0.1, 0.15) is 0 Å². The highest BCUT2D eigenvalue weighted by molar-refractivity contribution is 7.91. The Morgan fingerprint density at radius 2 is 2.05 bits per heavy atom. The van der Waals surface area contributed by atoms with Gasteiger partial charge >= 0.3 is 0 Å². The van der Waals surface area contributed by atoms with Crippen LogP contribution in [0.25, 0.3) is 0 Å². The van der Waals surface area contributed by atoms with Crippen molar-refractivity contribution in [2.45, 2.75) is 25.4 Å². The summed E-state index contributed by atoms with van der Waals surface area (Å²) >= 11 is 0. The van der Waals surface area contributed by atoms with Crippen molar-refractivity contribution in [2.24, 2.45) is 0 Å². The summed E-state index contributed by atoms with van der Waals surface area (Å²) in [6.45, 7) is 2.11. The number of hydrogen-bond acceptors (Lipinski definition) is 4. The standard InChI is InChI=1S/C14H22N2O2S/c1-11(15-2)13-6-4-5-7-14(13)16(3)12-8-9-19(17,18)10-12/h4-7,11-12,15H,8-10H2,1-3H3. The molecule has 19 heavy (non-hydrogen) atoms. The Hall–Kier alpha value is -1.07. The van der Waals surface area contributed by atoms with E-state index in [1.807, 2.05) is 26.2 Å². The number of nitrogens with one attached hydrogen (secondary N) is 1. The Bertz CT molecular complexity index is 542. The van der Waals surface area contributed by atoms with Crippen LogP contribution in [0.1, 0.15) is 24.9 Å². The van der Waals surface area contributed by atoms with Gasteiger partial charge in [-0.1, -0.05) is 18.2 Å². The maximum atomic E-state index is 11.6. The molecular weight excluding hydrogens is 260 g/mol. The van der Waals surface area contributed by atoms with Gasteiger partial charge in [-0.2, -0.15) is 0 Å². The zero-order valence-electron chi connectivity index (χ0n) is 11.8. The minimum atomic E-state index is -2.84. The molecule has 0 amide bonds. The van der Waals surface area contributed by atoms with Gasteiger partial charge in [-0.3, -0.25) is 0 Å². The van der Waals surface area contributed by atoms with Crippen LogP contribution in [-0.2, 0) is 9.84 Å². The first-order chi connectivity index (χ1) is 8.94. The molecule has 1 aromatic rings. The number of benzene rings is 1. The molecule has 0 bridgehead atoms. The maximum Gasteiger partial charge on any atom is 0.152 e. The van der Waals surface area contributed by atoms with Crippen LogP contribution in [0.15, 0.2) is 24.3 Å². The summed E-state index contributed by atoms with van der Waals surface area (Å²) < 4.78 is 23.2. The van der Waals surface area contributed by atoms with E-state index in [0.29, 0.717) is 5.75 Å². The second kappa shape index (κ2) is 5.51. The van der Waals surface area contributed by atoms with E-state index in [9.17, 15) is 8.42 Å². The van der Waals surface area contributed by atoms with Crippen LogP contribution in [0.3, 0.4) is 0 Å². The lowest BCUT2D eigenvalue weighted by Crippen LogP contribution is -2.33. The molecule has 2 unspecified atom stereocenters. The van der Waals surface area contributed by atoms with Crippen LogP contribution in [-0.4, -0.2) is 40.1 Å². The summed E-state index contributed by atoms with van der Waals surface area (Å²) in [7, 11) is 1.08.